The molecule has 0 amide bonds. The van der Waals surface area contributed by atoms with Crippen LogP contribution in [0.3, 0.4) is 0 Å². The number of hydrogen-bond donors (Lipinski definition) is 1. The monoisotopic (exact) mass is 332 g/mol. The molecular weight excluding hydrogens is 312 g/mol. The zero-order valence-corrected chi connectivity index (χ0v) is 14.1. The van der Waals surface area contributed by atoms with E-state index in [4.69, 9.17) is 4.74 Å². The number of rotatable bonds is 4. The topological polar surface area (TPSA) is 58.6 Å². The number of nitrogens with zero attached hydrogens (tertiary/aromatic N) is 1. The highest BCUT2D eigenvalue weighted by molar-refractivity contribution is 7.92. The maximum absolute atomic E-state index is 12.6. The Balaban J connectivity index is 1.88. The van der Waals surface area contributed by atoms with Crippen molar-refractivity contribution in [2.45, 2.75) is 18.2 Å². The van der Waals surface area contributed by atoms with Gasteiger partial charge in [-0.2, -0.15) is 0 Å². The van der Waals surface area contributed by atoms with Crippen molar-refractivity contribution in [1.82, 2.24) is 0 Å². The van der Waals surface area contributed by atoms with Gasteiger partial charge in [-0.15, -0.1) is 0 Å². The highest BCUT2D eigenvalue weighted by Gasteiger charge is 2.20. The van der Waals surface area contributed by atoms with Crippen molar-refractivity contribution in [1.29, 1.82) is 0 Å². The maximum Gasteiger partial charge on any atom is 0.261 e. The molecule has 0 aromatic heterocycles. The largest absolute Gasteiger partial charge is 0.490 e. The fraction of sp³-hybridized carbons (Fsp3) is 0.294. The van der Waals surface area contributed by atoms with Crippen LogP contribution in [0.5, 0.6) is 5.75 Å². The standard InChI is InChI=1S/C17H20N2O3S/c1-3-13-4-6-14(7-5-13)18-23(20,21)15-8-9-17-16(12-15)19(2)10-11-22-17/h4-9,12,18H,3,10-11H2,1-2H3. The summed E-state index contributed by atoms with van der Waals surface area (Å²) in [4.78, 5) is 2.22. The van der Waals surface area contributed by atoms with Crippen molar-refractivity contribution in [2.24, 2.45) is 0 Å². The van der Waals surface area contributed by atoms with Crippen LogP contribution in [-0.4, -0.2) is 28.6 Å². The van der Waals surface area contributed by atoms with Crippen LogP contribution in [0.1, 0.15) is 12.5 Å². The van der Waals surface area contributed by atoms with Gasteiger partial charge in [0.15, 0.2) is 0 Å². The highest BCUT2D eigenvalue weighted by atomic mass is 32.2. The van der Waals surface area contributed by atoms with E-state index in [0.717, 1.165) is 18.7 Å². The molecule has 0 saturated heterocycles. The van der Waals surface area contributed by atoms with Gasteiger partial charge in [-0.25, -0.2) is 8.42 Å². The zero-order chi connectivity index (χ0) is 16.4. The molecule has 0 radical (unpaired) electrons. The number of aryl methyl sites for hydroxylation is 1. The van der Waals surface area contributed by atoms with Crippen molar-refractivity contribution in [3.63, 3.8) is 0 Å². The number of anilines is 2. The molecule has 0 fully saturated rings. The molecule has 5 nitrogen and oxygen atoms in total. The van der Waals surface area contributed by atoms with Crippen molar-refractivity contribution in [3.05, 3.63) is 48.0 Å². The van der Waals surface area contributed by atoms with E-state index in [9.17, 15) is 8.42 Å². The SMILES string of the molecule is CCc1ccc(NS(=O)(=O)c2ccc3c(c2)N(C)CCO3)cc1. The molecule has 122 valence electrons. The average Bonchev–Trinajstić information content (AvgIpc) is 2.55. The Bertz CT molecular complexity index is 801. The number of ether oxygens (including phenoxy) is 1. The number of benzene rings is 2. The number of fused-ring (bicyclic) bond motifs is 1. The van der Waals surface area contributed by atoms with Gasteiger partial charge in [0.05, 0.1) is 17.1 Å². The molecular formula is C17H20N2O3S. The molecule has 23 heavy (non-hydrogen) atoms. The molecule has 6 heteroatoms. The van der Waals surface area contributed by atoms with E-state index in [1.165, 1.54) is 5.56 Å². The first-order valence-corrected chi connectivity index (χ1v) is 9.07. The summed E-state index contributed by atoms with van der Waals surface area (Å²) >= 11 is 0. The predicted molar refractivity (Wildman–Crippen MR) is 91.8 cm³/mol. The summed E-state index contributed by atoms with van der Waals surface area (Å²) in [6.45, 7) is 3.41. The summed E-state index contributed by atoms with van der Waals surface area (Å²) in [5.41, 5.74) is 2.52. The second kappa shape index (κ2) is 6.12. The van der Waals surface area contributed by atoms with Crippen LogP contribution >= 0.6 is 0 Å². The van der Waals surface area contributed by atoms with Gasteiger partial charge in [0.25, 0.3) is 10.0 Å². The molecule has 3 rings (SSSR count). The molecule has 1 N–H and O–H groups in total. The molecule has 0 spiro atoms. The minimum Gasteiger partial charge on any atom is -0.490 e. The molecule has 1 heterocycles. The van der Waals surface area contributed by atoms with Gasteiger partial charge in [0, 0.05) is 12.7 Å². The molecule has 0 bridgehead atoms. The van der Waals surface area contributed by atoms with E-state index in [1.807, 2.05) is 24.1 Å². The second-order valence-corrected chi connectivity index (χ2v) is 7.24. The van der Waals surface area contributed by atoms with Gasteiger partial charge in [0.2, 0.25) is 0 Å². The Morgan fingerprint density at radius 3 is 2.61 bits per heavy atom. The van der Waals surface area contributed by atoms with Crippen molar-refractivity contribution in [2.75, 3.05) is 29.8 Å². The van der Waals surface area contributed by atoms with Crippen LogP contribution in [0.15, 0.2) is 47.4 Å². The Kier molecular flexibility index (Phi) is 4.17. The number of hydrogen-bond acceptors (Lipinski definition) is 4. The number of likely N-dealkylation sites (N-methyl/N-ethyl adjacent to an activating group) is 1. The highest BCUT2D eigenvalue weighted by Crippen LogP contribution is 2.33. The van der Waals surface area contributed by atoms with Crippen LogP contribution in [0, 0.1) is 0 Å². The minimum absolute atomic E-state index is 0.230. The predicted octanol–water partition coefficient (Wildman–Crippen LogP) is 2.88. The molecule has 0 aliphatic carbocycles. The third kappa shape index (κ3) is 3.27. The fourth-order valence-corrected chi connectivity index (χ4v) is 3.60. The lowest BCUT2D eigenvalue weighted by molar-refractivity contribution is 0.311. The first-order valence-electron chi connectivity index (χ1n) is 7.59. The summed E-state index contributed by atoms with van der Waals surface area (Å²) in [7, 11) is -1.70. The molecule has 0 saturated carbocycles. The zero-order valence-electron chi connectivity index (χ0n) is 13.2. The van der Waals surface area contributed by atoms with Gasteiger partial charge in [-0.05, 0) is 42.3 Å². The van der Waals surface area contributed by atoms with E-state index in [-0.39, 0.29) is 4.90 Å². The molecule has 2 aromatic carbocycles. The van der Waals surface area contributed by atoms with Crippen LogP contribution in [0.25, 0.3) is 0 Å². The molecule has 1 aliphatic heterocycles. The Morgan fingerprint density at radius 1 is 1.17 bits per heavy atom. The molecule has 0 unspecified atom stereocenters. The number of sulfonamides is 1. The molecule has 1 aliphatic rings. The Hall–Kier alpha value is -2.21. The van der Waals surface area contributed by atoms with Gasteiger partial charge in [-0.1, -0.05) is 19.1 Å². The Morgan fingerprint density at radius 2 is 1.91 bits per heavy atom. The quantitative estimate of drug-likeness (QED) is 0.935. The van der Waals surface area contributed by atoms with E-state index < -0.39 is 10.0 Å². The van der Waals surface area contributed by atoms with Crippen molar-refractivity contribution >= 4 is 21.4 Å². The van der Waals surface area contributed by atoms with Crippen LogP contribution in [-0.2, 0) is 16.4 Å². The van der Waals surface area contributed by atoms with Gasteiger partial charge in [0.1, 0.15) is 12.4 Å². The van der Waals surface area contributed by atoms with Crippen molar-refractivity contribution in [3.8, 4) is 5.75 Å². The fourth-order valence-electron chi connectivity index (χ4n) is 2.52. The maximum atomic E-state index is 12.6. The van der Waals surface area contributed by atoms with Crippen LogP contribution in [0.2, 0.25) is 0 Å². The summed E-state index contributed by atoms with van der Waals surface area (Å²) in [5.74, 6) is 0.713. The van der Waals surface area contributed by atoms with Gasteiger partial charge >= 0.3 is 0 Å². The van der Waals surface area contributed by atoms with Gasteiger partial charge in [-0.3, -0.25) is 4.72 Å². The molecule has 0 atom stereocenters. The van der Waals surface area contributed by atoms with Crippen LogP contribution < -0.4 is 14.4 Å². The smallest absolute Gasteiger partial charge is 0.261 e. The normalized spacial score (nSPS) is 14.1. The lowest BCUT2D eigenvalue weighted by Gasteiger charge is -2.28. The summed E-state index contributed by atoms with van der Waals surface area (Å²) in [5, 5.41) is 0. The summed E-state index contributed by atoms with van der Waals surface area (Å²) < 4.78 is 33.3. The lowest BCUT2D eigenvalue weighted by Crippen LogP contribution is -2.29. The van der Waals surface area contributed by atoms with E-state index in [2.05, 4.69) is 11.6 Å². The number of nitrogens with one attached hydrogen (secondary N) is 1. The van der Waals surface area contributed by atoms with E-state index in [0.29, 0.717) is 18.0 Å². The first kappa shape index (κ1) is 15.7. The third-order valence-corrected chi connectivity index (χ3v) is 5.33. The van der Waals surface area contributed by atoms with Crippen LogP contribution in [0.4, 0.5) is 11.4 Å². The Labute approximate surface area is 136 Å². The lowest BCUT2D eigenvalue weighted by atomic mass is 10.2. The second-order valence-electron chi connectivity index (χ2n) is 5.56. The summed E-state index contributed by atoms with van der Waals surface area (Å²) in [6, 6.07) is 12.3. The first-order chi connectivity index (χ1) is 11.0. The van der Waals surface area contributed by atoms with Gasteiger partial charge < -0.3 is 9.64 Å². The van der Waals surface area contributed by atoms with Crippen molar-refractivity contribution < 1.29 is 13.2 Å². The molecule has 2 aromatic rings. The minimum atomic E-state index is -3.62. The third-order valence-electron chi connectivity index (χ3n) is 3.95. The average molecular weight is 332 g/mol. The van der Waals surface area contributed by atoms with E-state index in [1.54, 1.807) is 30.3 Å². The van der Waals surface area contributed by atoms with E-state index >= 15 is 0 Å². The summed E-state index contributed by atoms with van der Waals surface area (Å²) in [6.07, 6.45) is 0.921.